The first-order chi connectivity index (χ1) is 13.9. The molecule has 1 aliphatic rings. The first kappa shape index (κ1) is 20.4. The minimum atomic E-state index is -0.993. The lowest BCUT2D eigenvalue weighted by Gasteiger charge is -2.17. The minimum absolute atomic E-state index is 0.0807. The molecule has 1 heterocycles. The Morgan fingerprint density at radius 2 is 1.86 bits per heavy atom. The molecule has 3 rings (SSSR count). The summed E-state index contributed by atoms with van der Waals surface area (Å²) in [5, 5.41) is 2.72. The van der Waals surface area contributed by atoms with Gasteiger partial charge in [-0.15, -0.1) is 0 Å². The Labute approximate surface area is 169 Å². The summed E-state index contributed by atoms with van der Waals surface area (Å²) < 4.78 is 10.5. The van der Waals surface area contributed by atoms with Gasteiger partial charge in [0, 0.05) is 18.7 Å². The maximum absolute atomic E-state index is 12.4. The van der Waals surface area contributed by atoms with Gasteiger partial charge in [0.15, 0.2) is 6.10 Å². The summed E-state index contributed by atoms with van der Waals surface area (Å²) >= 11 is 0. The van der Waals surface area contributed by atoms with Crippen molar-refractivity contribution in [2.24, 2.45) is 0 Å². The first-order valence-electron chi connectivity index (χ1n) is 9.46. The number of carbonyl (C=O) groups excluding carboxylic acids is 3. The molecule has 2 aromatic carbocycles. The summed E-state index contributed by atoms with van der Waals surface area (Å²) in [5.41, 5.74) is 2.54. The van der Waals surface area contributed by atoms with Crippen molar-refractivity contribution in [1.82, 2.24) is 0 Å². The molecule has 1 aliphatic heterocycles. The van der Waals surface area contributed by atoms with Gasteiger partial charge >= 0.3 is 5.97 Å². The van der Waals surface area contributed by atoms with Gasteiger partial charge < -0.3 is 19.7 Å². The normalized spacial score (nSPS) is 14.4. The van der Waals surface area contributed by atoms with Crippen molar-refractivity contribution < 1.29 is 23.9 Å². The van der Waals surface area contributed by atoms with Gasteiger partial charge in [-0.05, 0) is 62.2 Å². The third kappa shape index (κ3) is 4.74. The number of anilines is 2. The fourth-order valence-corrected chi connectivity index (χ4v) is 3.13. The second kappa shape index (κ2) is 8.77. The van der Waals surface area contributed by atoms with E-state index in [1.165, 1.54) is 14.0 Å². The second-order valence-corrected chi connectivity index (χ2v) is 6.94. The first-order valence-corrected chi connectivity index (χ1v) is 9.46. The number of carbonyl (C=O) groups is 3. The number of aryl methyl sites for hydroxylation is 1. The Bertz CT molecular complexity index is 923. The van der Waals surface area contributed by atoms with E-state index in [-0.39, 0.29) is 5.91 Å². The third-order valence-electron chi connectivity index (χ3n) is 4.75. The average molecular weight is 396 g/mol. The van der Waals surface area contributed by atoms with E-state index in [1.807, 2.05) is 13.0 Å². The van der Waals surface area contributed by atoms with Crippen molar-refractivity contribution in [2.75, 3.05) is 23.9 Å². The number of amides is 2. The number of nitrogens with zero attached hydrogens (tertiary/aromatic N) is 1. The van der Waals surface area contributed by atoms with Crippen LogP contribution >= 0.6 is 0 Å². The molecule has 0 saturated carbocycles. The molecule has 2 aromatic rings. The number of hydrogen-bond donors (Lipinski definition) is 1. The Morgan fingerprint density at radius 3 is 2.48 bits per heavy atom. The van der Waals surface area contributed by atoms with Gasteiger partial charge in [-0.2, -0.15) is 0 Å². The molecular formula is C22H24N2O5. The van der Waals surface area contributed by atoms with Crippen LogP contribution in [0.25, 0.3) is 0 Å². The molecule has 1 atom stereocenters. The maximum Gasteiger partial charge on any atom is 0.338 e. The van der Waals surface area contributed by atoms with Crippen molar-refractivity contribution in [1.29, 1.82) is 0 Å². The van der Waals surface area contributed by atoms with E-state index in [2.05, 4.69) is 5.32 Å². The molecule has 0 radical (unpaired) electrons. The van der Waals surface area contributed by atoms with E-state index in [9.17, 15) is 14.4 Å². The molecule has 7 heteroatoms. The molecule has 29 heavy (non-hydrogen) atoms. The third-order valence-corrected chi connectivity index (χ3v) is 4.75. The van der Waals surface area contributed by atoms with Gasteiger partial charge in [0.25, 0.3) is 5.91 Å². The molecule has 2 amide bonds. The number of methoxy groups -OCH3 is 1. The topological polar surface area (TPSA) is 84.9 Å². The van der Waals surface area contributed by atoms with Crippen LogP contribution in [-0.4, -0.2) is 37.5 Å². The lowest BCUT2D eigenvalue weighted by molar-refractivity contribution is -0.123. The molecule has 1 N–H and O–H groups in total. The van der Waals surface area contributed by atoms with Crippen LogP contribution in [-0.2, 0) is 14.3 Å². The Hall–Kier alpha value is -3.35. The minimum Gasteiger partial charge on any atom is -0.495 e. The van der Waals surface area contributed by atoms with Crippen molar-refractivity contribution >= 4 is 29.2 Å². The smallest absolute Gasteiger partial charge is 0.338 e. The van der Waals surface area contributed by atoms with E-state index in [4.69, 9.17) is 9.47 Å². The highest BCUT2D eigenvalue weighted by atomic mass is 16.5. The van der Waals surface area contributed by atoms with Gasteiger partial charge in [0.05, 0.1) is 18.4 Å². The van der Waals surface area contributed by atoms with E-state index in [0.29, 0.717) is 30.0 Å². The number of nitrogens with one attached hydrogen (secondary N) is 1. The molecule has 1 fully saturated rings. The van der Waals surface area contributed by atoms with Crippen LogP contribution in [0, 0.1) is 6.92 Å². The van der Waals surface area contributed by atoms with Crippen molar-refractivity contribution in [3.8, 4) is 5.75 Å². The van der Waals surface area contributed by atoms with Gasteiger partial charge in [-0.3, -0.25) is 9.59 Å². The van der Waals surface area contributed by atoms with Crippen LogP contribution in [0.4, 0.5) is 11.4 Å². The van der Waals surface area contributed by atoms with Gasteiger partial charge in [0.1, 0.15) is 5.75 Å². The maximum atomic E-state index is 12.4. The average Bonchev–Trinajstić information content (AvgIpc) is 3.14. The number of esters is 1. The largest absolute Gasteiger partial charge is 0.495 e. The Balaban J connectivity index is 1.62. The quantitative estimate of drug-likeness (QED) is 0.757. The van der Waals surface area contributed by atoms with Crippen molar-refractivity contribution in [3.05, 3.63) is 53.6 Å². The zero-order valence-corrected chi connectivity index (χ0v) is 16.7. The van der Waals surface area contributed by atoms with E-state index < -0.39 is 18.0 Å². The summed E-state index contributed by atoms with van der Waals surface area (Å²) in [6.45, 7) is 4.09. The summed E-state index contributed by atoms with van der Waals surface area (Å²) in [6, 6.07) is 12.0. The van der Waals surface area contributed by atoms with Crippen LogP contribution < -0.4 is 15.0 Å². The van der Waals surface area contributed by atoms with E-state index in [0.717, 1.165) is 17.7 Å². The molecule has 1 saturated heterocycles. The predicted octanol–water partition coefficient (Wildman–Crippen LogP) is 3.31. The van der Waals surface area contributed by atoms with Crippen LogP contribution in [0.1, 0.15) is 35.7 Å². The summed E-state index contributed by atoms with van der Waals surface area (Å²) in [5.74, 6) is -0.462. The van der Waals surface area contributed by atoms with Gasteiger partial charge in [0.2, 0.25) is 5.91 Å². The van der Waals surface area contributed by atoms with Gasteiger partial charge in [-0.1, -0.05) is 6.07 Å². The Morgan fingerprint density at radius 1 is 1.14 bits per heavy atom. The molecule has 0 aromatic heterocycles. The summed E-state index contributed by atoms with van der Waals surface area (Å²) in [7, 11) is 1.52. The van der Waals surface area contributed by atoms with Crippen LogP contribution in [0.5, 0.6) is 5.75 Å². The number of hydrogen-bond acceptors (Lipinski definition) is 5. The lowest BCUT2D eigenvalue weighted by Crippen LogP contribution is -2.30. The molecule has 0 unspecified atom stereocenters. The lowest BCUT2D eigenvalue weighted by atomic mass is 10.2. The molecule has 0 bridgehead atoms. The predicted molar refractivity (Wildman–Crippen MR) is 109 cm³/mol. The Kier molecular flexibility index (Phi) is 6.16. The molecule has 0 aliphatic carbocycles. The summed E-state index contributed by atoms with van der Waals surface area (Å²) in [4.78, 5) is 38.3. The fraction of sp³-hybridized carbons (Fsp3) is 0.318. The molecular weight excluding hydrogens is 372 g/mol. The van der Waals surface area contributed by atoms with Gasteiger partial charge in [-0.25, -0.2) is 4.79 Å². The highest BCUT2D eigenvalue weighted by Crippen LogP contribution is 2.26. The van der Waals surface area contributed by atoms with Crippen LogP contribution in [0.3, 0.4) is 0 Å². The van der Waals surface area contributed by atoms with Crippen molar-refractivity contribution in [3.63, 3.8) is 0 Å². The SMILES string of the molecule is COc1ccc(C)cc1NC(=O)[C@@H](C)OC(=O)c1ccc(N2CCCC2=O)cc1. The highest BCUT2D eigenvalue weighted by molar-refractivity contribution is 5.99. The molecule has 0 spiro atoms. The zero-order valence-electron chi connectivity index (χ0n) is 16.7. The zero-order chi connectivity index (χ0) is 21.0. The molecule has 7 nitrogen and oxygen atoms in total. The highest BCUT2D eigenvalue weighted by Gasteiger charge is 2.23. The van der Waals surface area contributed by atoms with Crippen molar-refractivity contribution in [2.45, 2.75) is 32.8 Å². The fourth-order valence-electron chi connectivity index (χ4n) is 3.13. The number of benzene rings is 2. The summed E-state index contributed by atoms with van der Waals surface area (Å²) in [6.07, 6.45) is 0.385. The number of rotatable bonds is 6. The van der Waals surface area contributed by atoms with Crippen LogP contribution in [0.2, 0.25) is 0 Å². The van der Waals surface area contributed by atoms with E-state index >= 15 is 0 Å². The second-order valence-electron chi connectivity index (χ2n) is 6.94. The van der Waals surface area contributed by atoms with E-state index in [1.54, 1.807) is 41.3 Å². The monoisotopic (exact) mass is 396 g/mol. The number of ether oxygens (including phenoxy) is 2. The standard InChI is InChI=1S/C22H24N2O5/c1-14-6-11-19(28-3)18(13-14)23-21(26)15(2)29-22(27)16-7-9-17(10-8-16)24-12-4-5-20(24)25/h6-11,13,15H,4-5,12H2,1-3H3,(H,23,26)/t15-/m1/s1. The molecule has 152 valence electrons. The van der Waals surface area contributed by atoms with Crippen LogP contribution in [0.15, 0.2) is 42.5 Å².